The molecule has 2 amide bonds. The fourth-order valence-electron chi connectivity index (χ4n) is 1.23. The molecule has 0 aromatic carbocycles. The first-order valence-corrected chi connectivity index (χ1v) is 4.27. The summed E-state index contributed by atoms with van der Waals surface area (Å²) >= 11 is 0. The zero-order chi connectivity index (χ0) is 9.84. The molecule has 1 N–H and O–H groups in total. The van der Waals surface area contributed by atoms with Gasteiger partial charge in [-0.2, -0.15) is 0 Å². The van der Waals surface area contributed by atoms with Gasteiger partial charge in [0.15, 0.2) is 0 Å². The van der Waals surface area contributed by atoms with E-state index in [0.29, 0.717) is 13.0 Å². The van der Waals surface area contributed by atoms with Crippen molar-refractivity contribution in [1.29, 1.82) is 0 Å². The number of amides is 2. The van der Waals surface area contributed by atoms with Crippen molar-refractivity contribution < 1.29 is 14.7 Å². The predicted molar refractivity (Wildman–Crippen MR) is 45.9 cm³/mol. The second-order valence-electron chi connectivity index (χ2n) is 3.14. The molecule has 5 nitrogen and oxygen atoms in total. The van der Waals surface area contributed by atoms with Crippen LogP contribution in [0.4, 0.5) is 0 Å². The maximum atomic E-state index is 11.3. The van der Waals surface area contributed by atoms with Crippen molar-refractivity contribution >= 4 is 11.8 Å². The zero-order valence-corrected chi connectivity index (χ0v) is 7.69. The van der Waals surface area contributed by atoms with E-state index in [0.717, 1.165) is 0 Å². The number of aliphatic hydroxyl groups excluding tert-OH is 1. The van der Waals surface area contributed by atoms with Crippen LogP contribution in [-0.4, -0.2) is 60.0 Å². The molecule has 74 valence electrons. The molecule has 1 heterocycles. The lowest BCUT2D eigenvalue weighted by Gasteiger charge is -2.31. The van der Waals surface area contributed by atoms with Gasteiger partial charge in [-0.3, -0.25) is 9.59 Å². The summed E-state index contributed by atoms with van der Waals surface area (Å²) in [7, 11) is 1.61. The van der Waals surface area contributed by atoms with Crippen LogP contribution in [0.5, 0.6) is 0 Å². The third-order valence-corrected chi connectivity index (χ3v) is 2.06. The molecule has 0 radical (unpaired) electrons. The molecule has 0 unspecified atom stereocenters. The number of likely N-dealkylation sites (N-methyl/N-ethyl adjacent to an activating group) is 1. The molecule has 1 aliphatic heterocycles. The van der Waals surface area contributed by atoms with Gasteiger partial charge in [0.1, 0.15) is 0 Å². The van der Waals surface area contributed by atoms with E-state index >= 15 is 0 Å². The highest BCUT2D eigenvalue weighted by molar-refractivity contribution is 5.92. The van der Waals surface area contributed by atoms with Crippen LogP contribution in [0, 0.1) is 0 Å². The lowest BCUT2D eigenvalue weighted by atomic mass is 10.3. The number of hydrogen-bond donors (Lipinski definition) is 1. The summed E-state index contributed by atoms with van der Waals surface area (Å²) in [6.07, 6.45) is 0.530. The van der Waals surface area contributed by atoms with E-state index in [9.17, 15) is 9.59 Å². The number of piperazine rings is 1. The van der Waals surface area contributed by atoms with E-state index in [1.54, 1.807) is 7.05 Å². The third kappa shape index (κ3) is 2.42. The molecular formula is C8H14N2O3. The Labute approximate surface area is 76.9 Å². The zero-order valence-electron chi connectivity index (χ0n) is 7.69. The molecule has 1 rings (SSSR count). The second-order valence-corrected chi connectivity index (χ2v) is 3.14. The van der Waals surface area contributed by atoms with E-state index in [1.165, 1.54) is 9.80 Å². The summed E-state index contributed by atoms with van der Waals surface area (Å²) < 4.78 is 0. The molecule has 0 aliphatic carbocycles. The largest absolute Gasteiger partial charge is 0.396 e. The van der Waals surface area contributed by atoms with Crippen LogP contribution in [0.3, 0.4) is 0 Å². The normalized spacial score (nSPS) is 18.3. The van der Waals surface area contributed by atoms with Crippen molar-refractivity contribution in [3.05, 3.63) is 0 Å². The van der Waals surface area contributed by atoms with Gasteiger partial charge in [-0.15, -0.1) is 0 Å². The van der Waals surface area contributed by atoms with Crippen molar-refractivity contribution in [2.24, 2.45) is 0 Å². The standard InChI is InChI=1S/C8H14N2O3/c1-9-5-8(13)10(3-2-4-11)6-7(9)12/h11H,2-6H2,1H3. The molecule has 1 aliphatic rings. The van der Waals surface area contributed by atoms with E-state index in [-0.39, 0.29) is 31.5 Å². The van der Waals surface area contributed by atoms with Gasteiger partial charge >= 0.3 is 0 Å². The maximum absolute atomic E-state index is 11.3. The first kappa shape index (κ1) is 9.98. The molecular weight excluding hydrogens is 172 g/mol. The quantitative estimate of drug-likeness (QED) is 0.594. The minimum absolute atomic E-state index is 0.0439. The maximum Gasteiger partial charge on any atom is 0.242 e. The number of nitrogens with zero attached hydrogens (tertiary/aromatic N) is 2. The van der Waals surface area contributed by atoms with Crippen molar-refractivity contribution in [1.82, 2.24) is 9.80 Å². The molecule has 0 aromatic rings. The van der Waals surface area contributed by atoms with Crippen molar-refractivity contribution in [2.45, 2.75) is 6.42 Å². The number of aliphatic hydroxyl groups is 1. The Morgan fingerprint density at radius 1 is 1.31 bits per heavy atom. The van der Waals surface area contributed by atoms with Gasteiger partial charge in [0.25, 0.3) is 0 Å². The summed E-state index contributed by atoms with van der Waals surface area (Å²) in [6.45, 7) is 0.822. The van der Waals surface area contributed by atoms with Gasteiger partial charge in [0, 0.05) is 20.2 Å². The topological polar surface area (TPSA) is 60.9 Å². The van der Waals surface area contributed by atoms with Crippen molar-refractivity contribution in [2.75, 3.05) is 33.3 Å². The Balaban J connectivity index is 2.46. The Bertz CT molecular complexity index is 217. The molecule has 0 aromatic heterocycles. The summed E-state index contributed by atoms with van der Waals surface area (Å²) in [5.41, 5.74) is 0. The van der Waals surface area contributed by atoms with Crippen LogP contribution in [0.25, 0.3) is 0 Å². The molecule has 0 bridgehead atoms. The molecule has 5 heteroatoms. The number of hydrogen-bond acceptors (Lipinski definition) is 3. The van der Waals surface area contributed by atoms with Gasteiger partial charge in [0.2, 0.25) is 11.8 Å². The minimum Gasteiger partial charge on any atom is -0.396 e. The number of rotatable bonds is 3. The number of carbonyl (C=O) groups excluding carboxylic acids is 2. The first-order chi connectivity index (χ1) is 6.15. The minimum atomic E-state index is -0.0458. The predicted octanol–water partition coefficient (Wildman–Crippen LogP) is -1.33. The average Bonchev–Trinajstić information content (AvgIpc) is 2.09. The van der Waals surface area contributed by atoms with Crippen molar-refractivity contribution in [3.63, 3.8) is 0 Å². The molecule has 1 fully saturated rings. The van der Waals surface area contributed by atoms with E-state index in [2.05, 4.69) is 0 Å². The van der Waals surface area contributed by atoms with Crippen LogP contribution in [0.2, 0.25) is 0 Å². The van der Waals surface area contributed by atoms with E-state index in [1.807, 2.05) is 0 Å². The van der Waals surface area contributed by atoms with Crippen LogP contribution in [0.1, 0.15) is 6.42 Å². The molecule has 13 heavy (non-hydrogen) atoms. The highest BCUT2D eigenvalue weighted by Gasteiger charge is 2.26. The van der Waals surface area contributed by atoms with Crippen molar-refractivity contribution in [3.8, 4) is 0 Å². The summed E-state index contributed by atoms with van der Waals surface area (Å²) in [6, 6.07) is 0. The summed E-state index contributed by atoms with van der Waals surface area (Å²) in [5, 5.41) is 8.57. The van der Waals surface area contributed by atoms with Crippen LogP contribution < -0.4 is 0 Å². The third-order valence-electron chi connectivity index (χ3n) is 2.06. The van der Waals surface area contributed by atoms with Crippen LogP contribution in [0.15, 0.2) is 0 Å². The Morgan fingerprint density at radius 2 is 2.00 bits per heavy atom. The van der Waals surface area contributed by atoms with E-state index < -0.39 is 0 Å². The van der Waals surface area contributed by atoms with Gasteiger partial charge in [-0.25, -0.2) is 0 Å². The number of carbonyl (C=O) groups is 2. The highest BCUT2D eigenvalue weighted by Crippen LogP contribution is 2.02. The second kappa shape index (κ2) is 4.23. The molecule has 0 saturated carbocycles. The Hall–Kier alpha value is -1.10. The monoisotopic (exact) mass is 186 g/mol. The lowest BCUT2D eigenvalue weighted by Crippen LogP contribution is -2.52. The smallest absolute Gasteiger partial charge is 0.242 e. The summed E-state index contributed by atoms with van der Waals surface area (Å²) in [5.74, 6) is -0.0897. The van der Waals surface area contributed by atoms with Gasteiger partial charge in [-0.05, 0) is 6.42 Å². The highest BCUT2D eigenvalue weighted by atomic mass is 16.3. The van der Waals surface area contributed by atoms with Gasteiger partial charge in [-0.1, -0.05) is 0 Å². The van der Waals surface area contributed by atoms with Crippen LogP contribution in [-0.2, 0) is 9.59 Å². The van der Waals surface area contributed by atoms with E-state index in [4.69, 9.17) is 5.11 Å². The molecule has 1 saturated heterocycles. The van der Waals surface area contributed by atoms with Gasteiger partial charge in [0.05, 0.1) is 13.1 Å². The Morgan fingerprint density at radius 3 is 2.62 bits per heavy atom. The summed E-state index contributed by atoms with van der Waals surface area (Å²) in [4.78, 5) is 25.4. The Kier molecular flexibility index (Phi) is 3.25. The molecule has 0 spiro atoms. The first-order valence-electron chi connectivity index (χ1n) is 4.27. The fraction of sp³-hybridized carbons (Fsp3) is 0.750. The van der Waals surface area contributed by atoms with Gasteiger partial charge < -0.3 is 14.9 Å². The average molecular weight is 186 g/mol. The fourth-order valence-corrected chi connectivity index (χ4v) is 1.23. The SMILES string of the molecule is CN1CC(=O)N(CCCO)CC1=O. The van der Waals surface area contributed by atoms with Crippen LogP contribution >= 0.6 is 0 Å². The lowest BCUT2D eigenvalue weighted by molar-refractivity contribution is -0.148. The molecule has 0 atom stereocenters.